The van der Waals surface area contributed by atoms with E-state index >= 15 is 0 Å². The predicted octanol–water partition coefficient (Wildman–Crippen LogP) is 4.34. The summed E-state index contributed by atoms with van der Waals surface area (Å²) in [5.74, 6) is 1.40. The van der Waals surface area contributed by atoms with E-state index in [2.05, 4.69) is 10.2 Å². The molecule has 2 aromatic carbocycles. The zero-order valence-corrected chi connectivity index (χ0v) is 17.6. The molecule has 1 amide bonds. The van der Waals surface area contributed by atoms with Gasteiger partial charge in [-0.3, -0.25) is 4.79 Å². The minimum absolute atomic E-state index is 0.115. The molecule has 1 aliphatic heterocycles. The number of anilines is 1. The van der Waals surface area contributed by atoms with E-state index in [4.69, 9.17) is 16.3 Å². The first-order valence-electron chi connectivity index (χ1n) is 9.42. The van der Waals surface area contributed by atoms with Crippen molar-refractivity contribution in [3.05, 3.63) is 65.4 Å². The topological polar surface area (TPSA) is 60.2 Å². The number of piperidine rings is 1. The van der Waals surface area contributed by atoms with E-state index < -0.39 is 0 Å². The average molecular weight is 429 g/mol. The lowest BCUT2D eigenvalue weighted by Crippen LogP contribution is -2.43. The molecule has 8 heteroatoms. The fourth-order valence-electron chi connectivity index (χ4n) is 3.22. The maximum absolute atomic E-state index is 13.0. The molecule has 29 heavy (non-hydrogen) atoms. The first-order valence-corrected chi connectivity index (χ1v) is 10.7. The van der Waals surface area contributed by atoms with Gasteiger partial charge in [0.25, 0.3) is 0 Å². The van der Waals surface area contributed by atoms with Gasteiger partial charge in [-0.2, -0.15) is 0 Å². The molecule has 0 spiro atoms. The van der Waals surface area contributed by atoms with E-state index in [0.717, 1.165) is 25.1 Å². The average Bonchev–Trinajstić information content (AvgIpc) is 3.09. The molecule has 6 nitrogen and oxygen atoms in total. The largest absolute Gasteiger partial charge is 0.484 e. The highest BCUT2D eigenvalue weighted by Gasteiger charge is 2.31. The minimum atomic E-state index is -0.177. The van der Waals surface area contributed by atoms with Gasteiger partial charge in [0.15, 0.2) is 11.0 Å². The van der Waals surface area contributed by atoms with E-state index in [-0.39, 0.29) is 17.8 Å². The first kappa shape index (κ1) is 19.8. The monoisotopic (exact) mass is 428 g/mol. The lowest BCUT2D eigenvalue weighted by atomic mass is 10.1. The van der Waals surface area contributed by atoms with Crippen LogP contribution in [0.3, 0.4) is 0 Å². The van der Waals surface area contributed by atoms with Gasteiger partial charge >= 0.3 is 0 Å². The highest BCUT2D eigenvalue weighted by molar-refractivity contribution is 8.00. The lowest BCUT2D eigenvalue weighted by molar-refractivity contribution is -0.119. The Balaban J connectivity index is 1.43. The maximum atomic E-state index is 13.0. The Labute approximate surface area is 178 Å². The van der Waals surface area contributed by atoms with E-state index in [9.17, 15) is 4.79 Å². The number of carbonyl (C=O) groups is 1. The Bertz CT molecular complexity index is 995. The van der Waals surface area contributed by atoms with E-state index in [1.807, 2.05) is 65.0 Å². The molecule has 1 atom stereocenters. The summed E-state index contributed by atoms with van der Waals surface area (Å²) < 4.78 is 7.63. The molecule has 4 rings (SSSR count). The van der Waals surface area contributed by atoms with Crippen LogP contribution in [0.1, 0.15) is 18.7 Å². The van der Waals surface area contributed by atoms with Gasteiger partial charge < -0.3 is 14.2 Å². The van der Waals surface area contributed by atoms with Gasteiger partial charge in [-0.25, -0.2) is 0 Å². The Morgan fingerprint density at radius 2 is 1.90 bits per heavy atom. The fraction of sp³-hybridized carbons (Fsp3) is 0.286. The number of carbonyl (C=O) groups excluding carboxylic acids is 1. The summed E-state index contributed by atoms with van der Waals surface area (Å²) in [6, 6.07) is 17.1. The summed E-state index contributed by atoms with van der Waals surface area (Å²) in [6.07, 6.45) is 1.78. The van der Waals surface area contributed by atoms with Gasteiger partial charge in [-0.15, -0.1) is 10.2 Å². The number of thioether (sulfide) groups is 1. The number of hydrogen-bond acceptors (Lipinski definition) is 5. The molecule has 3 aromatic rings. The third-order valence-corrected chi connectivity index (χ3v) is 6.42. The summed E-state index contributed by atoms with van der Waals surface area (Å²) >= 11 is 7.59. The number of benzene rings is 2. The predicted molar refractivity (Wildman–Crippen MR) is 114 cm³/mol. The van der Waals surface area contributed by atoms with Crippen molar-refractivity contribution in [3.8, 4) is 5.75 Å². The van der Waals surface area contributed by atoms with E-state index in [1.54, 1.807) is 6.07 Å². The van der Waals surface area contributed by atoms with Crippen molar-refractivity contribution in [2.45, 2.75) is 29.9 Å². The molecular formula is C21H21ClN4O2S. The van der Waals surface area contributed by atoms with Gasteiger partial charge in [0.2, 0.25) is 5.91 Å². The van der Waals surface area contributed by atoms with Crippen molar-refractivity contribution in [3.63, 3.8) is 0 Å². The molecule has 1 unspecified atom stereocenters. The van der Waals surface area contributed by atoms with Gasteiger partial charge in [0.05, 0.1) is 10.3 Å². The zero-order chi connectivity index (χ0) is 20.2. The number of amides is 1. The number of nitrogens with zero attached hydrogens (tertiary/aromatic N) is 4. The van der Waals surface area contributed by atoms with Crippen molar-refractivity contribution in [2.75, 3.05) is 11.4 Å². The summed E-state index contributed by atoms with van der Waals surface area (Å²) in [5.41, 5.74) is 0.939. The molecule has 1 aliphatic rings. The SMILES string of the molecule is Cn1c(COc2ccccc2Cl)nnc1SC1CCCN(c2ccccc2)C1=O. The van der Waals surface area contributed by atoms with E-state index in [1.165, 1.54) is 11.8 Å². The second-order valence-electron chi connectivity index (χ2n) is 6.75. The number of rotatable bonds is 6. The quantitative estimate of drug-likeness (QED) is 0.584. The van der Waals surface area contributed by atoms with Crippen molar-refractivity contribution >= 4 is 35.0 Å². The van der Waals surface area contributed by atoms with Gasteiger partial charge in [0.1, 0.15) is 12.4 Å². The molecule has 0 bridgehead atoms. The first-order chi connectivity index (χ1) is 14.1. The Morgan fingerprint density at radius 1 is 1.14 bits per heavy atom. The summed E-state index contributed by atoms with van der Waals surface area (Å²) in [6.45, 7) is 0.998. The molecular weight excluding hydrogens is 408 g/mol. The van der Waals surface area contributed by atoms with Crippen molar-refractivity contribution in [2.24, 2.45) is 7.05 Å². The normalized spacial score (nSPS) is 16.8. The van der Waals surface area contributed by atoms with Crippen molar-refractivity contribution in [1.82, 2.24) is 14.8 Å². The summed E-state index contributed by atoms with van der Waals surface area (Å²) in [4.78, 5) is 14.9. The van der Waals surface area contributed by atoms with Crippen LogP contribution >= 0.6 is 23.4 Å². The molecule has 1 saturated heterocycles. The van der Waals surface area contributed by atoms with Crippen LogP contribution in [-0.2, 0) is 18.4 Å². The van der Waals surface area contributed by atoms with Gasteiger partial charge in [-0.05, 0) is 37.1 Å². The van der Waals surface area contributed by atoms with Crippen molar-refractivity contribution < 1.29 is 9.53 Å². The van der Waals surface area contributed by atoms with Crippen LogP contribution in [0.5, 0.6) is 5.75 Å². The highest BCUT2D eigenvalue weighted by atomic mass is 35.5. The molecule has 2 heterocycles. The number of aromatic nitrogens is 3. The highest BCUT2D eigenvalue weighted by Crippen LogP contribution is 2.32. The fourth-order valence-corrected chi connectivity index (χ4v) is 4.53. The number of para-hydroxylation sites is 2. The molecule has 150 valence electrons. The van der Waals surface area contributed by atoms with Gasteiger partial charge in [0, 0.05) is 19.3 Å². The number of hydrogen-bond donors (Lipinski definition) is 0. The molecule has 1 aromatic heterocycles. The molecule has 0 N–H and O–H groups in total. The van der Waals surface area contributed by atoms with Crippen LogP contribution < -0.4 is 9.64 Å². The second kappa shape index (κ2) is 8.88. The van der Waals surface area contributed by atoms with Crippen LogP contribution in [0.15, 0.2) is 59.8 Å². The van der Waals surface area contributed by atoms with E-state index in [0.29, 0.717) is 21.8 Å². The Morgan fingerprint density at radius 3 is 2.69 bits per heavy atom. The standard InChI is InChI=1S/C21H21ClN4O2S/c1-25-19(14-28-17-11-6-5-10-16(17)22)23-24-21(25)29-18-12-7-13-26(20(18)27)15-8-3-2-4-9-15/h2-6,8-11,18H,7,12-14H2,1H3. The van der Waals surface area contributed by atoms with Crippen LogP contribution in [0.4, 0.5) is 5.69 Å². The molecule has 0 aliphatic carbocycles. The maximum Gasteiger partial charge on any atom is 0.240 e. The summed E-state index contributed by atoms with van der Waals surface area (Å²) in [7, 11) is 1.88. The molecule has 0 radical (unpaired) electrons. The number of halogens is 1. The Kier molecular flexibility index (Phi) is 6.06. The van der Waals surface area contributed by atoms with Crippen LogP contribution in [-0.4, -0.2) is 32.5 Å². The Hall–Kier alpha value is -2.51. The molecule has 0 saturated carbocycles. The van der Waals surface area contributed by atoms with Gasteiger partial charge in [-0.1, -0.05) is 53.7 Å². The van der Waals surface area contributed by atoms with Crippen LogP contribution in [0, 0.1) is 0 Å². The van der Waals surface area contributed by atoms with Crippen LogP contribution in [0.2, 0.25) is 5.02 Å². The minimum Gasteiger partial charge on any atom is -0.484 e. The number of ether oxygens (including phenoxy) is 1. The third-order valence-electron chi connectivity index (χ3n) is 4.82. The molecule has 1 fully saturated rings. The van der Waals surface area contributed by atoms with Crippen LogP contribution in [0.25, 0.3) is 0 Å². The zero-order valence-electron chi connectivity index (χ0n) is 16.0. The summed E-state index contributed by atoms with van der Waals surface area (Å²) in [5, 5.41) is 9.58. The third kappa shape index (κ3) is 4.41. The second-order valence-corrected chi connectivity index (χ2v) is 8.33. The lowest BCUT2D eigenvalue weighted by Gasteiger charge is -2.31. The van der Waals surface area contributed by atoms with Crippen molar-refractivity contribution in [1.29, 1.82) is 0 Å². The smallest absolute Gasteiger partial charge is 0.240 e.